The van der Waals surface area contributed by atoms with Crippen LogP contribution >= 0.6 is 11.3 Å². The zero-order chi connectivity index (χ0) is 32.1. The highest BCUT2D eigenvalue weighted by Crippen LogP contribution is 2.45. The summed E-state index contributed by atoms with van der Waals surface area (Å²) < 4.78 is 11.6. The van der Waals surface area contributed by atoms with Gasteiger partial charge in [-0.3, -0.25) is 0 Å². The van der Waals surface area contributed by atoms with Crippen molar-refractivity contribution in [3.8, 4) is 28.3 Å². The Morgan fingerprint density at radius 1 is 0.551 bits per heavy atom. The molecule has 5 heteroatoms. The van der Waals surface area contributed by atoms with Gasteiger partial charge in [0, 0.05) is 42.8 Å². The first-order chi connectivity index (χ1) is 24.3. The molecule has 4 heterocycles. The molecule has 0 unspecified atom stereocenters. The minimum absolute atomic E-state index is 0.685. The van der Waals surface area contributed by atoms with Crippen LogP contribution in [0.3, 0.4) is 0 Å². The zero-order valence-corrected chi connectivity index (χ0v) is 26.9. The summed E-state index contributed by atoms with van der Waals surface area (Å²) in [6.45, 7) is 0. The van der Waals surface area contributed by atoms with Crippen molar-refractivity contribution >= 4 is 86.2 Å². The van der Waals surface area contributed by atoms with Gasteiger partial charge in [0.2, 0.25) is 0 Å². The van der Waals surface area contributed by atoms with E-state index in [-0.39, 0.29) is 0 Å². The zero-order valence-electron chi connectivity index (χ0n) is 26.1. The topological polar surface area (TPSA) is 43.9 Å². The van der Waals surface area contributed by atoms with E-state index in [1.165, 1.54) is 15.5 Å². The van der Waals surface area contributed by atoms with E-state index in [9.17, 15) is 0 Å². The van der Waals surface area contributed by atoms with Crippen molar-refractivity contribution in [1.29, 1.82) is 0 Å². The van der Waals surface area contributed by atoms with Crippen LogP contribution in [0.1, 0.15) is 0 Å². The highest BCUT2D eigenvalue weighted by atomic mass is 32.1. The molecule has 0 aliphatic carbocycles. The van der Waals surface area contributed by atoms with Crippen LogP contribution < -0.4 is 0 Å². The first-order valence-corrected chi connectivity index (χ1v) is 17.2. The molecule has 0 aliphatic rings. The van der Waals surface area contributed by atoms with Gasteiger partial charge in [-0.05, 0) is 53.2 Å². The summed E-state index contributed by atoms with van der Waals surface area (Å²) in [5.41, 5.74) is 8.85. The predicted molar refractivity (Wildman–Crippen MR) is 205 cm³/mol. The van der Waals surface area contributed by atoms with Crippen LogP contribution in [0, 0.1) is 0 Å². The van der Waals surface area contributed by atoms with Crippen LogP contribution in [0.5, 0.6) is 0 Å². The van der Waals surface area contributed by atoms with Crippen molar-refractivity contribution in [3.63, 3.8) is 0 Å². The number of thiophene rings is 1. The summed E-state index contributed by atoms with van der Waals surface area (Å²) in [5, 5.41) is 7.93. The Balaban J connectivity index is 1.29. The molecule has 0 saturated carbocycles. The molecule has 4 nitrogen and oxygen atoms in total. The van der Waals surface area contributed by atoms with E-state index >= 15 is 0 Å². The molecule has 7 aromatic carbocycles. The molecule has 11 rings (SSSR count). The molecule has 0 bridgehead atoms. The van der Waals surface area contributed by atoms with Gasteiger partial charge in [-0.25, -0.2) is 9.97 Å². The molecule has 0 fully saturated rings. The molecule has 11 aromatic rings. The lowest BCUT2D eigenvalue weighted by molar-refractivity contribution is 0.667. The van der Waals surface area contributed by atoms with Gasteiger partial charge in [-0.1, -0.05) is 109 Å². The van der Waals surface area contributed by atoms with Crippen molar-refractivity contribution in [3.05, 3.63) is 152 Å². The number of rotatable bonds is 3. The van der Waals surface area contributed by atoms with Crippen molar-refractivity contribution in [2.24, 2.45) is 0 Å². The van der Waals surface area contributed by atoms with E-state index in [0.717, 1.165) is 81.9 Å². The first kappa shape index (κ1) is 26.7. The average molecular weight is 644 g/mol. The molecule has 49 heavy (non-hydrogen) atoms. The van der Waals surface area contributed by atoms with E-state index in [4.69, 9.17) is 14.4 Å². The lowest BCUT2D eigenvalue weighted by Crippen LogP contribution is -1.97. The monoisotopic (exact) mass is 643 g/mol. The quantitative estimate of drug-likeness (QED) is 0.192. The fourth-order valence-electron chi connectivity index (χ4n) is 7.60. The minimum Gasteiger partial charge on any atom is -0.454 e. The number of hydrogen-bond donors (Lipinski definition) is 0. The second-order valence-corrected chi connectivity index (χ2v) is 13.6. The molecule has 0 amide bonds. The van der Waals surface area contributed by atoms with Gasteiger partial charge in [0.25, 0.3) is 0 Å². The Morgan fingerprint density at radius 3 is 1.98 bits per heavy atom. The smallest absolute Gasteiger partial charge is 0.161 e. The first-order valence-electron chi connectivity index (χ1n) is 16.4. The SMILES string of the molecule is c1ccc(-c2nc(-c3ccc(-n4c5ccccc5c5ccccc54)c4oc5cc6ccccc6cc5c34)nc3c2sc2ccccc23)cc1. The van der Waals surface area contributed by atoms with Crippen LogP contribution in [0.25, 0.3) is 103 Å². The Morgan fingerprint density at radius 2 is 1.20 bits per heavy atom. The number of fused-ring (bicyclic) bond motifs is 10. The summed E-state index contributed by atoms with van der Waals surface area (Å²) in [5.74, 6) is 0.685. The fourth-order valence-corrected chi connectivity index (χ4v) is 8.75. The van der Waals surface area contributed by atoms with Crippen LogP contribution in [-0.2, 0) is 0 Å². The summed E-state index contributed by atoms with van der Waals surface area (Å²) in [4.78, 5) is 10.7. The molecule has 228 valence electrons. The third-order valence-corrected chi connectivity index (χ3v) is 11.0. The highest BCUT2D eigenvalue weighted by Gasteiger charge is 2.24. The van der Waals surface area contributed by atoms with Crippen molar-refractivity contribution in [2.45, 2.75) is 0 Å². The van der Waals surface area contributed by atoms with E-state index in [1.54, 1.807) is 11.3 Å². The number of nitrogens with zero attached hydrogens (tertiary/aromatic N) is 3. The largest absolute Gasteiger partial charge is 0.454 e. The van der Waals surface area contributed by atoms with E-state index in [0.29, 0.717) is 5.82 Å². The Labute approximate surface area is 284 Å². The summed E-state index contributed by atoms with van der Waals surface area (Å²) in [6.07, 6.45) is 0. The van der Waals surface area contributed by atoms with Gasteiger partial charge < -0.3 is 8.98 Å². The molecule has 0 aliphatic heterocycles. The molecule has 4 aromatic heterocycles. The van der Waals surface area contributed by atoms with E-state index < -0.39 is 0 Å². The molecular formula is C44H25N3OS. The van der Waals surface area contributed by atoms with E-state index in [2.05, 4.69) is 150 Å². The van der Waals surface area contributed by atoms with Gasteiger partial charge >= 0.3 is 0 Å². The number of benzene rings is 7. The normalized spacial score (nSPS) is 12.1. The molecule has 0 atom stereocenters. The summed E-state index contributed by atoms with van der Waals surface area (Å²) in [7, 11) is 0. The third-order valence-electron chi connectivity index (χ3n) is 9.80. The van der Waals surface area contributed by atoms with Crippen LogP contribution in [-0.4, -0.2) is 14.5 Å². The molecule has 0 N–H and O–H groups in total. The van der Waals surface area contributed by atoms with E-state index in [1.807, 2.05) is 6.07 Å². The third kappa shape index (κ3) is 3.85. The number of para-hydroxylation sites is 2. The average Bonchev–Trinajstić information content (AvgIpc) is 3.83. The standard InChI is InChI=1S/C44H25N3OS/c1-2-12-26(13-3-1)40-43-41(31-18-8-11-21-38(31)49-43)46-44(45-40)32-22-23-36(47-34-19-9-6-16-29(34)30-17-7-10-20-35(30)47)42-39(32)33-24-27-14-4-5-15-28(27)25-37(33)48-42/h1-25H. The Bertz CT molecular complexity index is 3060. The molecule has 0 spiro atoms. The second kappa shape index (κ2) is 10.1. The number of furan rings is 1. The van der Waals surface area contributed by atoms with Crippen molar-refractivity contribution < 1.29 is 4.42 Å². The minimum atomic E-state index is 0.685. The number of hydrogen-bond acceptors (Lipinski definition) is 4. The van der Waals surface area contributed by atoms with Crippen molar-refractivity contribution in [1.82, 2.24) is 14.5 Å². The van der Waals surface area contributed by atoms with Gasteiger partial charge in [0.05, 0.1) is 32.6 Å². The summed E-state index contributed by atoms with van der Waals surface area (Å²) in [6, 6.07) is 53.4. The lowest BCUT2D eigenvalue weighted by Gasteiger charge is -2.12. The molecule has 0 saturated heterocycles. The lowest BCUT2D eigenvalue weighted by atomic mass is 10.0. The Kier molecular flexibility index (Phi) is 5.51. The van der Waals surface area contributed by atoms with Gasteiger partial charge in [0.1, 0.15) is 5.58 Å². The summed E-state index contributed by atoms with van der Waals surface area (Å²) >= 11 is 1.75. The maximum Gasteiger partial charge on any atom is 0.161 e. The van der Waals surface area contributed by atoms with Crippen molar-refractivity contribution in [2.75, 3.05) is 0 Å². The van der Waals surface area contributed by atoms with Crippen LogP contribution in [0.15, 0.2) is 156 Å². The second-order valence-electron chi connectivity index (χ2n) is 12.5. The van der Waals surface area contributed by atoms with Crippen LogP contribution in [0.2, 0.25) is 0 Å². The fraction of sp³-hybridized carbons (Fsp3) is 0. The molecule has 0 radical (unpaired) electrons. The Hall–Kier alpha value is -6.30. The number of aromatic nitrogens is 3. The predicted octanol–water partition coefficient (Wildman–Crippen LogP) is 12.3. The molecular weight excluding hydrogens is 619 g/mol. The van der Waals surface area contributed by atoms with Crippen LogP contribution in [0.4, 0.5) is 0 Å². The van der Waals surface area contributed by atoms with Gasteiger partial charge in [-0.15, -0.1) is 11.3 Å². The van der Waals surface area contributed by atoms with Gasteiger partial charge in [0.15, 0.2) is 11.4 Å². The maximum absolute atomic E-state index is 6.96. The maximum atomic E-state index is 6.96. The van der Waals surface area contributed by atoms with Gasteiger partial charge in [-0.2, -0.15) is 0 Å². The highest BCUT2D eigenvalue weighted by molar-refractivity contribution is 7.26.